The van der Waals surface area contributed by atoms with Gasteiger partial charge in [0.1, 0.15) is 5.60 Å². The molecule has 0 aliphatic heterocycles. The van der Waals surface area contributed by atoms with Crippen LogP contribution < -0.4 is 0 Å². The first kappa shape index (κ1) is 15.7. The summed E-state index contributed by atoms with van der Waals surface area (Å²) < 4.78 is 10.6. The molecule has 0 fully saturated rings. The number of benzene rings is 1. The minimum Gasteiger partial charge on any atom is -0.460 e. The zero-order valence-corrected chi connectivity index (χ0v) is 12.1. The normalized spacial score (nSPS) is 11.3. The summed E-state index contributed by atoms with van der Waals surface area (Å²) in [6.07, 6.45) is 2.30. The minimum atomic E-state index is -0.412. The van der Waals surface area contributed by atoms with Gasteiger partial charge < -0.3 is 9.47 Å². The number of esters is 1. The summed E-state index contributed by atoms with van der Waals surface area (Å²) in [4.78, 5) is 11.4. The van der Waals surface area contributed by atoms with Crippen LogP contribution in [0.3, 0.4) is 0 Å². The Morgan fingerprint density at radius 3 is 2.42 bits per heavy atom. The van der Waals surface area contributed by atoms with Crippen molar-refractivity contribution in [2.45, 2.75) is 45.6 Å². The second-order valence-electron chi connectivity index (χ2n) is 5.54. The molecule has 1 rings (SSSR count). The van der Waals surface area contributed by atoms with E-state index in [1.165, 1.54) is 5.56 Å². The van der Waals surface area contributed by atoms with E-state index in [-0.39, 0.29) is 5.97 Å². The highest BCUT2D eigenvalue weighted by atomic mass is 16.6. The Hall–Kier alpha value is -1.35. The van der Waals surface area contributed by atoms with E-state index in [1.807, 2.05) is 39.0 Å². The maximum absolute atomic E-state index is 11.4. The van der Waals surface area contributed by atoms with Gasteiger partial charge in [-0.1, -0.05) is 30.3 Å². The maximum atomic E-state index is 11.4. The number of hydrogen-bond donors (Lipinski definition) is 0. The lowest BCUT2D eigenvalue weighted by atomic mass is 10.1. The fourth-order valence-corrected chi connectivity index (χ4v) is 1.67. The van der Waals surface area contributed by atoms with Gasteiger partial charge in [0.25, 0.3) is 0 Å². The van der Waals surface area contributed by atoms with Crippen molar-refractivity contribution in [3.8, 4) is 0 Å². The summed E-state index contributed by atoms with van der Waals surface area (Å²) in [6, 6.07) is 10.3. The molecule has 0 saturated carbocycles. The van der Waals surface area contributed by atoms with E-state index in [9.17, 15) is 4.79 Å². The van der Waals surface area contributed by atoms with Crippen LogP contribution in [0.25, 0.3) is 0 Å². The fraction of sp³-hybridized carbons (Fsp3) is 0.562. The number of ether oxygens (including phenoxy) is 2. The minimum absolute atomic E-state index is 0.199. The fourth-order valence-electron chi connectivity index (χ4n) is 1.67. The zero-order chi connectivity index (χ0) is 14.1. The number of hydrogen-bond acceptors (Lipinski definition) is 3. The standard InChI is InChI=1S/C16H24O3/c1-16(2,3)19-15(17)11-13-18-12-7-10-14-8-5-4-6-9-14/h4-6,8-9H,7,10-13H2,1-3H3. The molecule has 3 heteroatoms. The molecule has 0 unspecified atom stereocenters. The first-order valence-corrected chi connectivity index (χ1v) is 6.81. The van der Waals surface area contributed by atoms with Crippen molar-refractivity contribution in [1.29, 1.82) is 0 Å². The van der Waals surface area contributed by atoms with E-state index in [1.54, 1.807) is 0 Å². The Bertz CT molecular complexity index is 365. The van der Waals surface area contributed by atoms with Crippen LogP contribution in [-0.2, 0) is 20.7 Å². The summed E-state index contributed by atoms with van der Waals surface area (Å²) in [5, 5.41) is 0. The molecule has 0 N–H and O–H groups in total. The second kappa shape index (κ2) is 7.95. The second-order valence-corrected chi connectivity index (χ2v) is 5.54. The van der Waals surface area contributed by atoms with Crippen molar-refractivity contribution in [1.82, 2.24) is 0 Å². The highest BCUT2D eigenvalue weighted by Gasteiger charge is 2.15. The molecule has 0 saturated heterocycles. The Morgan fingerprint density at radius 2 is 1.79 bits per heavy atom. The SMILES string of the molecule is CC(C)(C)OC(=O)CCOCCCc1ccccc1. The molecule has 0 aliphatic rings. The van der Waals surface area contributed by atoms with Gasteiger partial charge >= 0.3 is 5.97 Å². The van der Waals surface area contributed by atoms with Crippen molar-refractivity contribution in [2.24, 2.45) is 0 Å². The number of aryl methyl sites for hydroxylation is 1. The molecule has 0 heterocycles. The lowest BCUT2D eigenvalue weighted by Crippen LogP contribution is -2.24. The van der Waals surface area contributed by atoms with Crippen LogP contribution in [0.15, 0.2) is 30.3 Å². The van der Waals surface area contributed by atoms with Gasteiger partial charge in [-0.3, -0.25) is 4.79 Å². The summed E-state index contributed by atoms with van der Waals surface area (Å²) in [6.45, 7) is 6.71. The molecule has 19 heavy (non-hydrogen) atoms. The zero-order valence-electron chi connectivity index (χ0n) is 12.1. The first-order chi connectivity index (χ1) is 8.97. The molecular weight excluding hydrogens is 240 g/mol. The molecule has 3 nitrogen and oxygen atoms in total. The summed E-state index contributed by atoms with van der Waals surface area (Å²) >= 11 is 0. The van der Waals surface area contributed by atoms with Crippen molar-refractivity contribution in [2.75, 3.05) is 13.2 Å². The summed E-state index contributed by atoms with van der Waals surface area (Å²) in [7, 11) is 0. The molecule has 0 atom stereocenters. The van der Waals surface area contributed by atoms with E-state index in [0.717, 1.165) is 12.8 Å². The highest BCUT2D eigenvalue weighted by Crippen LogP contribution is 2.08. The van der Waals surface area contributed by atoms with Crippen molar-refractivity contribution < 1.29 is 14.3 Å². The van der Waals surface area contributed by atoms with Crippen molar-refractivity contribution in [3.63, 3.8) is 0 Å². The molecule has 0 spiro atoms. The van der Waals surface area contributed by atoms with Crippen LogP contribution >= 0.6 is 0 Å². The van der Waals surface area contributed by atoms with Crippen LogP contribution in [0, 0.1) is 0 Å². The van der Waals surface area contributed by atoms with Gasteiger partial charge in [0.15, 0.2) is 0 Å². The van der Waals surface area contributed by atoms with E-state index < -0.39 is 5.60 Å². The number of rotatable bonds is 7. The molecule has 0 bridgehead atoms. The van der Waals surface area contributed by atoms with E-state index in [0.29, 0.717) is 19.6 Å². The third-order valence-electron chi connectivity index (χ3n) is 2.47. The van der Waals surface area contributed by atoms with Crippen LogP contribution in [0.2, 0.25) is 0 Å². The molecule has 1 aromatic carbocycles. The molecule has 106 valence electrons. The van der Waals surface area contributed by atoms with Gasteiger partial charge in [0.05, 0.1) is 13.0 Å². The van der Waals surface area contributed by atoms with Crippen molar-refractivity contribution in [3.05, 3.63) is 35.9 Å². The predicted molar refractivity (Wildman–Crippen MR) is 76.0 cm³/mol. The van der Waals surface area contributed by atoms with Gasteiger partial charge in [-0.05, 0) is 39.2 Å². The summed E-state index contributed by atoms with van der Waals surface area (Å²) in [5.41, 5.74) is 0.906. The third-order valence-corrected chi connectivity index (χ3v) is 2.47. The molecular formula is C16H24O3. The van der Waals surface area contributed by atoms with Gasteiger partial charge in [0, 0.05) is 6.61 Å². The molecule has 0 radical (unpaired) electrons. The Labute approximate surface area is 115 Å². The molecule has 0 aliphatic carbocycles. The largest absolute Gasteiger partial charge is 0.460 e. The van der Waals surface area contributed by atoms with Gasteiger partial charge in [-0.15, -0.1) is 0 Å². The van der Waals surface area contributed by atoms with Gasteiger partial charge in [-0.2, -0.15) is 0 Å². The summed E-state index contributed by atoms with van der Waals surface area (Å²) in [5.74, 6) is -0.199. The molecule has 1 aromatic rings. The monoisotopic (exact) mass is 264 g/mol. The van der Waals surface area contributed by atoms with Crippen molar-refractivity contribution >= 4 is 5.97 Å². The quantitative estimate of drug-likeness (QED) is 0.559. The van der Waals surface area contributed by atoms with Gasteiger partial charge in [-0.25, -0.2) is 0 Å². The van der Waals surface area contributed by atoms with E-state index >= 15 is 0 Å². The lowest BCUT2D eigenvalue weighted by molar-refractivity contribution is -0.156. The Morgan fingerprint density at radius 1 is 1.11 bits per heavy atom. The Balaban J connectivity index is 2.01. The van der Waals surface area contributed by atoms with E-state index in [2.05, 4.69) is 12.1 Å². The molecule has 0 amide bonds. The first-order valence-electron chi connectivity index (χ1n) is 6.81. The Kier molecular flexibility index (Phi) is 6.57. The smallest absolute Gasteiger partial charge is 0.308 e. The van der Waals surface area contributed by atoms with Crippen LogP contribution in [0.1, 0.15) is 39.2 Å². The maximum Gasteiger partial charge on any atom is 0.308 e. The lowest BCUT2D eigenvalue weighted by Gasteiger charge is -2.19. The van der Waals surface area contributed by atoms with Crippen LogP contribution in [-0.4, -0.2) is 24.8 Å². The van der Waals surface area contributed by atoms with E-state index in [4.69, 9.17) is 9.47 Å². The number of carbonyl (C=O) groups is 1. The average molecular weight is 264 g/mol. The predicted octanol–water partition coefficient (Wildman–Crippen LogP) is 3.37. The topological polar surface area (TPSA) is 35.5 Å². The highest BCUT2D eigenvalue weighted by molar-refractivity contribution is 5.69. The van der Waals surface area contributed by atoms with Gasteiger partial charge in [0.2, 0.25) is 0 Å². The van der Waals surface area contributed by atoms with Crippen LogP contribution in [0.4, 0.5) is 0 Å². The number of carbonyl (C=O) groups excluding carboxylic acids is 1. The average Bonchev–Trinajstić information content (AvgIpc) is 2.32. The van der Waals surface area contributed by atoms with Crippen LogP contribution in [0.5, 0.6) is 0 Å². The third kappa shape index (κ3) is 8.38. The molecule has 0 aromatic heterocycles.